The number of likely N-dealkylation sites (tertiary alicyclic amines) is 1. The fraction of sp³-hybridized carbons (Fsp3) is 0.609. The van der Waals surface area contributed by atoms with Gasteiger partial charge in [-0.05, 0) is 31.8 Å². The molecule has 0 amide bonds. The van der Waals surface area contributed by atoms with Crippen LogP contribution in [-0.4, -0.2) is 65.2 Å². The maximum Gasteiger partial charge on any atom is 0.319 e. The highest BCUT2D eigenvalue weighted by atomic mass is 35.5. The first-order chi connectivity index (χ1) is 17.8. The molecule has 1 saturated carbocycles. The van der Waals surface area contributed by atoms with Gasteiger partial charge < -0.3 is 14.5 Å². The van der Waals surface area contributed by atoms with Crippen LogP contribution in [0.15, 0.2) is 18.1 Å². The molecule has 2 aromatic rings. The molecule has 0 N–H and O–H groups in total. The number of aromatic nitrogens is 3. The van der Waals surface area contributed by atoms with E-state index < -0.39 is 48.1 Å². The van der Waals surface area contributed by atoms with Crippen LogP contribution < -0.4 is 9.64 Å². The number of ether oxygens (including phenoxy) is 1. The summed E-state index contributed by atoms with van der Waals surface area (Å²) in [7, 11) is 0. The highest BCUT2D eigenvalue weighted by Gasteiger charge is 2.55. The van der Waals surface area contributed by atoms with Gasteiger partial charge in [0.05, 0.1) is 20.5 Å². The molecule has 0 aromatic carbocycles. The zero-order chi connectivity index (χ0) is 27.6. The molecular weight excluding hydrogens is 455 g/mol. The van der Waals surface area contributed by atoms with Gasteiger partial charge in [0.15, 0.2) is 11.0 Å². The maximum absolute atomic E-state index is 15.1. The van der Waals surface area contributed by atoms with E-state index in [0.717, 1.165) is 17.7 Å². The van der Waals surface area contributed by atoms with E-state index in [1.165, 1.54) is 13.1 Å². The number of fused-ring (bicyclic) bond motifs is 2. The molecule has 0 spiro atoms. The Kier molecular flexibility index (Phi) is 4.50. The number of hydrogen-bond acceptors (Lipinski definition) is 6. The van der Waals surface area contributed by atoms with E-state index in [2.05, 4.69) is 15.0 Å². The van der Waals surface area contributed by atoms with Crippen LogP contribution in [0.1, 0.15) is 39.5 Å². The van der Waals surface area contributed by atoms with Gasteiger partial charge in [0, 0.05) is 41.3 Å². The summed E-state index contributed by atoms with van der Waals surface area (Å²) in [6.07, 6.45) is 2.72. The van der Waals surface area contributed by atoms with E-state index in [-0.39, 0.29) is 54.1 Å². The third-order valence-corrected chi connectivity index (χ3v) is 7.08. The fourth-order valence-corrected chi connectivity index (χ4v) is 5.03. The lowest BCUT2D eigenvalue weighted by molar-refractivity contribution is 0.109. The molecule has 2 aliphatic heterocycles. The van der Waals surface area contributed by atoms with Gasteiger partial charge in [-0.25, -0.2) is 18.2 Å². The Balaban J connectivity index is 1.58. The standard InChI is InChI=1S/C23H27ClF3N5O/c1-23(11-31(2)8-6-13(23)9-25)12-33-22-29-18-15(10-28-20(24)17(18)27)21(30-22)32-7-4-3-5-14-16(26)19(14)32/h9-10,14,16,19H,3-8,11-12H2,1-2H3/b13-9+/t14-,16-,19-,23-/m0/s1/i2D3,12D2. The van der Waals surface area contributed by atoms with Gasteiger partial charge >= 0.3 is 6.01 Å². The Hall–Kier alpha value is -2.13. The van der Waals surface area contributed by atoms with Crippen LogP contribution in [0, 0.1) is 17.2 Å². The Morgan fingerprint density at radius 3 is 3.03 bits per heavy atom. The normalized spacial score (nSPS) is 34.6. The number of anilines is 1. The minimum absolute atomic E-state index is 0.00711. The average Bonchev–Trinajstić information content (AvgIpc) is 3.54. The lowest BCUT2D eigenvalue weighted by Crippen LogP contribution is -2.44. The summed E-state index contributed by atoms with van der Waals surface area (Å²) in [5, 5.41) is -0.295. The van der Waals surface area contributed by atoms with Crippen molar-refractivity contribution in [1.82, 2.24) is 19.9 Å². The number of hydrogen-bond donors (Lipinski definition) is 0. The van der Waals surface area contributed by atoms with Gasteiger partial charge in [-0.1, -0.05) is 24.9 Å². The Labute approximate surface area is 202 Å². The SMILES string of the molecule is [2H]C([2H])([2H])N1CC/C(=C\F)[C@](C)(C([2H])([2H])Oc2nc(N3CCCC[C@H]4[C@H](F)[C@H]43)c3cnc(Cl)c(F)c3n2)C1. The first-order valence-corrected chi connectivity index (χ1v) is 11.3. The van der Waals surface area contributed by atoms with Gasteiger partial charge in [-0.3, -0.25) is 0 Å². The van der Waals surface area contributed by atoms with Crippen molar-refractivity contribution >= 4 is 28.3 Å². The van der Waals surface area contributed by atoms with E-state index in [1.54, 1.807) is 4.90 Å². The molecule has 0 radical (unpaired) electrons. The second kappa shape index (κ2) is 8.58. The zero-order valence-electron chi connectivity index (χ0n) is 23.0. The lowest BCUT2D eigenvalue weighted by Gasteiger charge is -2.40. The topological polar surface area (TPSA) is 54.4 Å². The van der Waals surface area contributed by atoms with Crippen molar-refractivity contribution in [2.24, 2.45) is 11.3 Å². The molecule has 2 aromatic heterocycles. The van der Waals surface area contributed by atoms with E-state index in [0.29, 0.717) is 13.0 Å². The Morgan fingerprint density at radius 1 is 1.39 bits per heavy atom. The largest absolute Gasteiger partial charge is 0.462 e. The second-order valence-electron chi connectivity index (χ2n) is 9.09. The third kappa shape index (κ3) is 4.03. The van der Waals surface area contributed by atoms with Crippen LogP contribution >= 0.6 is 11.6 Å². The summed E-state index contributed by atoms with van der Waals surface area (Å²) in [5.74, 6) is -1.02. The lowest BCUT2D eigenvalue weighted by atomic mass is 9.78. The second-order valence-corrected chi connectivity index (χ2v) is 9.44. The van der Waals surface area contributed by atoms with E-state index >= 15 is 4.39 Å². The number of halogens is 4. The van der Waals surface area contributed by atoms with Crippen molar-refractivity contribution in [3.05, 3.63) is 29.1 Å². The van der Waals surface area contributed by atoms with Gasteiger partial charge in [-0.2, -0.15) is 9.97 Å². The predicted molar refractivity (Wildman–Crippen MR) is 121 cm³/mol. The highest BCUT2D eigenvalue weighted by Crippen LogP contribution is 2.47. The smallest absolute Gasteiger partial charge is 0.319 e. The minimum Gasteiger partial charge on any atom is -0.462 e. The molecule has 4 heterocycles. The van der Waals surface area contributed by atoms with Crippen molar-refractivity contribution in [2.75, 3.05) is 38.1 Å². The molecule has 10 heteroatoms. The average molecular weight is 487 g/mol. The van der Waals surface area contributed by atoms with Gasteiger partial charge in [0.2, 0.25) is 0 Å². The molecule has 178 valence electrons. The van der Waals surface area contributed by atoms with E-state index in [9.17, 15) is 8.78 Å². The van der Waals surface area contributed by atoms with E-state index in [4.69, 9.17) is 23.2 Å². The first-order valence-electron chi connectivity index (χ1n) is 13.4. The van der Waals surface area contributed by atoms with Crippen LogP contribution in [0.4, 0.5) is 19.0 Å². The molecule has 3 aliphatic rings. The Bertz CT molecular complexity index is 1280. The first kappa shape index (κ1) is 17.3. The van der Waals surface area contributed by atoms with Crippen molar-refractivity contribution < 1.29 is 24.8 Å². The summed E-state index contributed by atoms with van der Waals surface area (Å²) in [6.45, 7) is -3.84. The third-order valence-electron chi connectivity index (χ3n) is 6.82. The van der Waals surface area contributed by atoms with Gasteiger partial charge in [0.25, 0.3) is 0 Å². The molecule has 1 aliphatic carbocycles. The van der Waals surface area contributed by atoms with Gasteiger partial charge in [-0.15, -0.1) is 0 Å². The Morgan fingerprint density at radius 2 is 2.24 bits per heavy atom. The summed E-state index contributed by atoms with van der Waals surface area (Å²) in [6, 6.07) is -1.04. The van der Waals surface area contributed by atoms with Crippen LogP contribution in [-0.2, 0) is 0 Å². The number of piperidine rings is 1. The van der Waals surface area contributed by atoms with Crippen molar-refractivity contribution in [3.8, 4) is 6.01 Å². The predicted octanol–water partition coefficient (Wildman–Crippen LogP) is 4.72. The van der Waals surface area contributed by atoms with Crippen LogP contribution in [0.25, 0.3) is 10.9 Å². The monoisotopic (exact) mass is 486 g/mol. The van der Waals surface area contributed by atoms with Crippen molar-refractivity contribution in [2.45, 2.75) is 44.8 Å². The molecule has 33 heavy (non-hydrogen) atoms. The molecule has 2 saturated heterocycles. The summed E-state index contributed by atoms with van der Waals surface area (Å²) < 4.78 is 90.0. The van der Waals surface area contributed by atoms with E-state index in [1.807, 2.05) is 0 Å². The zero-order valence-corrected chi connectivity index (χ0v) is 18.7. The molecule has 0 unspecified atom stereocenters. The maximum atomic E-state index is 15.1. The molecule has 3 fully saturated rings. The molecule has 5 rings (SSSR count). The van der Waals surface area contributed by atoms with Crippen LogP contribution in [0.5, 0.6) is 6.01 Å². The van der Waals surface area contributed by atoms with Crippen LogP contribution in [0.2, 0.25) is 5.15 Å². The van der Waals surface area contributed by atoms with Gasteiger partial charge in [0.1, 0.15) is 24.1 Å². The van der Waals surface area contributed by atoms with Crippen LogP contribution in [0.3, 0.4) is 0 Å². The molecule has 6 nitrogen and oxygen atoms in total. The number of pyridine rings is 1. The summed E-state index contributed by atoms with van der Waals surface area (Å²) in [5.41, 5.74) is -2.01. The highest BCUT2D eigenvalue weighted by molar-refractivity contribution is 6.30. The quantitative estimate of drug-likeness (QED) is 0.583. The number of rotatable bonds is 4. The molecular formula is C23H27ClF3N5O. The van der Waals surface area contributed by atoms with Crippen molar-refractivity contribution in [1.29, 1.82) is 0 Å². The minimum atomic E-state index is -2.73. The fourth-order valence-electron chi connectivity index (χ4n) is 4.90. The number of nitrogens with zero attached hydrogens (tertiary/aromatic N) is 5. The number of alkyl halides is 1. The molecule has 4 atom stereocenters. The van der Waals surface area contributed by atoms with Crippen molar-refractivity contribution in [3.63, 3.8) is 0 Å². The molecule has 0 bridgehead atoms. The summed E-state index contributed by atoms with van der Waals surface area (Å²) in [4.78, 5) is 15.1. The summed E-state index contributed by atoms with van der Waals surface area (Å²) >= 11 is 5.90.